The van der Waals surface area contributed by atoms with Crippen molar-refractivity contribution < 1.29 is 4.39 Å². The average Bonchev–Trinajstić information content (AvgIpc) is 2.79. The Balaban J connectivity index is 1.98. The van der Waals surface area contributed by atoms with Gasteiger partial charge in [-0.3, -0.25) is 4.90 Å². The third kappa shape index (κ3) is 4.16. The molecule has 2 nitrogen and oxygen atoms in total. The average molecular weight is 285 g/mol. The van der Waals surface area contributed by atoms with E-state index in [1.165, 1.54) is 18.9 Å². The molecule has 2 rings (SSSR count). The van der Waals surface area contributed by atoms with Gasteiger partial charge >= 0.3 is 0 Å². The van der Waals surface area contributed by atoms with E-state index in [1.807, 2.05) is 0 Å². The first kappa shape index (κ1) is 14.8. The predicted octanol–water partition coefficient (Wildman–Crippen LogP) is 3.44. The molecule has 1 fully saturated rings. The van der Waals surface area contributed by atoms with Crippen LogP contribution in [-0.4, -0.2) is 30.1 Å². The van der Waals surface area contributed by atoms with E-state index < -0.39 is 0 Å². The maximum Gasteiger partial charge on any atom is 0.123 e. The summed E-state index contributed by atoms with van der Waals surface area (Å²) in [6, 6.07) is 5.63. The summed E-state index contributed by atoms with van der Waals surface area (Å²) in [7, 11) is 0. The molecule has 1 aliphatic heterocycles. The van der Waals surface area contributed by atoms with Crippen LogP contribution in [0.4, 0.5) is 4.39 Å². The molecule has 0 bridgehead atoms. The first-order valence-electron chi connectivity index (χ1n) is 6.97. The summed E-state index contributed by atoms with van der Waals surface area (Å²) in [6.45, 7) is 7.11. The van der Waals surface area contributed by atoms with E-state index in [-0.39, 0.29) is 5.82 Å². The van der Waals surface area contributed by atoms with E-state index in [4.69, 9.17) is 11.6 Å². The van der Waals surface area contributed by atoms with Crippen molar-refractivity contribution in [1.29, 1.82) is 0 Å². The van der Waals surface area contributed by atoms with E-state index in [1.54, 1.807) is 12.1 Å². The van der Waals surface area contributed by atoms with Crippen molar-refractivity contribution in [2.45, 2.75) is 45.3 Å². The van der Waals surface area contributed by atoms with Crippen LogP contribution in [0, 0.1) is 5.82 Å². The summed E-state index contributed by atoms with van der Waals surface area (Å²) in [5.41, 5.74) is 0.887. The quantitative estimate of drug-likeness (QED) is 0.891. The molecule has 0 amide bonds. The zero-order valence-electron chi connectivity index (χ0n) is 11.6. The Morgan fingerprint density at radius 2 is 2.26 bits per heavy atom. The van der Waals surface area contributed by atoms with Gasteiger partial charge in [0.2, 0.25) is 0 Å². The molecule has 1 saturated heterocycles. The molecule has 1 unspecified atom stereocenters. The second-order valence-corrected chi connectivity index (χ2v) is 5.97. The highest BCUT2D eigenvalue weighted by Crippen LogP contribution is 2.24. The van der Waals surface area contributed by atoms with Crippen LogP contribution < -0.4 is 5.32 Å². The molecule has 0 spiro atoms. The summed E-state index contributed by atoms with van der Waals surface area (Å²) in [4.78, 5) is 2.40. The van der Waals surface area contributed by atoms with Crippen LogP contribution in [0.15, 0.2) is 18.2 Å². The molecule has 1 aliphatic rings. The van der Waals surface area contributed by atoms with E-state index in [0.717, 1.165) is 25.2 Å². The lowest BCUT2D eigenvalue weighted by Gasteiger charge is -2.26. The molecule has 19 heavy (non-hydrogen) atoms. The zero-order chi connectivity index (χ0) is 13.8. The van der Waals surface area contributed by atoms with Gasteiger partial charge in [0.05, 0.1) is 0 Å². The molecule has 4 heteroatoms. The van der Waals surface area contributed by atoms with E-state index in [2.05, 4.69) is 24.1 Å². The van der Waals surface area contributed by atoms with Gasteiger partial charge in [0.25, 0.3) is 0 Å². The van der Waals surface area contributed by atoms with Crippen LogP contribution in [0.25, 0.3) is 0 Å². The number of nitrogens with zero attached hydrogens (tertiary/aromatic N) is 1. The summed E-state index contributed by atoms with van der Waals surface area (Å²) >= 11 is 6.14. The first-order chi connectivity index (χ1) is 9.06. The van der Waals surface area contributed by atoms with Crippen LogP contribution in [0.3, 0.4) is 0 Å². The highest BCUT2D eigenvalue weighted by Gasteiger charge is 2.24. The highest BCUT2D eigenvalue weighted by atomic mass is 35.5. The van der Waals surface area contributed by atoms with Crippen LogP contribution in [0.2, 0.25) is 5.02 Å². The molecule has 1 aromatic carbocycles. The monoisotopic (exact) mass is 284 g/mol. The Morgan fingerprint density at radius 3 is 3.00 bits per heavy atom. The predicted molar refractivity (Wildman–Crippen MR) is 78.0 cm³/mol. The standard InChI is InChI=1S/C15H22ClFN2/c1-11(2)18-9-14-4-3-7-19(14)10-12-8-13(17)5-6-15(12)16/h5-6,8,11,14,18H,3-4,7,9-10H2,1-2H3. The second kappa shape index (κ2) is 6.69. The minimum absolute atomic E-state index is 0.213. The maximum atomic E-state index is 13.3. The molecule has 0 radical (unpaired) electrons. The first-order valence-corrected chi connectivity index (χ1v) is 7.35. The maximum absolute atomic E-state index is 13.3. The second-order valence-electron chi connectivity index (χ2n) is 5.57. The normalized spacial score (nSPS) is 20.4. The summed E-state index contributed by atoms with van der Waals surface area (Å²) in [5, 5.41) is 4.14. The van der Waals surface area contributed by atoms with Gasteiger partial charge in [0, 0.05) is 30.2 Å². The van der Waals surface area contributed by atoms with Crippen LogP contribution in [0.1, 0.15) is 32.3 Å². The van der Waals surface area contributed by atoms with Gasteiger partial charge in [-0.15, -0.1) is 0 Å². The van der Waals surface area contributed by atoms with Crippen molar-refractivity contribution in [2.24, 2.45) is 0 Å². The number of hydrogen-bond acceptors (Lipinski definition) is 2. The molecule has 0 saturated carbocycles. The minimum atomic E-state index is -0.213. The van der Waals surface area contributed by atoms with Gasteiger partial charge in [-0.25, -0.2) is 4.39 Å². The fraction of sp³-hybridized carbons (Fsp3) is 0.600. The zero-order valence-corrected chi connectivity index (χ0v) is 12.4. The van der Waals surface area contributed by atoms with Gasteiger partial charge < -0.3 is 5.32 Å². The third-order valence-corrected chi connectivity index (χ3v) is 4.01. The molecule has 1 N–H and O–H groups in total. The SMILES string of the molecule is CC(C)NCC1CCCN1Cc1cc(F)ccc1Cl. The molecule has 0 aliphatic carbocycles. The lowest BCUT2D eigenvalue weighted by Crippen LogP contribution is -2.39. The topological polar surface area (TPSA) is 15.3 Å². The summed E-state index contributed by atoms with van der Waals surface area (Å²) in [5.74, 6) is -0.213. The van der Waals surface area contributed by atoms with E-state index >= 15 is 0 Å². The van der Waals surface area contributed by atoms with Crippen molar-refractivity contribution in [1.82, 2.24) is 10.2 Å². The van der Waals surface area contributed by atoms with Crippen LogP contribution >= 0.6 is 11.6 Å². The number of halogens is 2. The Labute approximate surface area is 119 Å². The largest absolute Gasteiger partial charge is 0.313 e. The van der Waals surface area contributed by atoms with Crippen molar-refractivity contribution in [2.75, 3.05) is 13.1 Å². The number of hydrogen-bond donors (Lipinski definition) is 1. The van der Waals surface area contributed by atoms with Crippen LogP contribution in [0.5, 0.6) is 0 Å². The summed E-state index contributed by atoms with van der Waals surface area (Å²) < 4.78 is 13.3. The van der Waals surface area contributed by atoms with Gasteiger partial charge in [0.15, 0.2) is 0 Å². The molecule has 0 aromatic heterocycles. The van der Waals surface area contributed by atoms with Gasteiger partial charge in [-0.05, 0) is 43.1 Å². The van der Waals surface area contributed by atoms with Gasteiger partial charge in [0.1, 0.15) is 5.82 Å². The highest BCUT2D eigenvalue weighted by molar-refractivity contribution is 6.31. The summed E-state index contributed by atoms with van der Waals surface area (Å²) in [6.07, 6.45) is 2.41. The lowest BCUT2D eigenvalue weighted by atomic mass is 10.1. The van der Waals surface area contributed by atoms with Crippen molar-refractivity contribution >= 4 is 11.6 Å². The Bertz CT molecular complexity index is 423. The Kier molecular flexibility index (Phi) is 5.20. The number of benzene rings is 1. The minimum Gasteiger partial charge on any atom is -0.313 e. The molecule has 106 valence electrons. The smallest absolute Gasteiger partial charge is 0.123 e. The molecular formula is C15H22ClFN2. The number of rotatable bonds is 5. The Hall–Kier alpha value is -0.640. The lowest BCUT2D eigenvalue weighted by molar-refractivity contribution is 0.236. The third-order valence-electron chi connectivity index (χ3n) is 3.64. The van der Waals surface area contributed by atoms with E-state index in [0.29, 0.717) is 17.1 Å². The Morgan fingerprint density at radius 1 is 1.47 bits per heavy atom. The molecule has 1 heterocycles. The molecule has 1 aromatic rings. The fourth-order valence-corrected chi connectivity index (χ4v) is 2.77. The van der Waals surface area contributed by atoms with Crippen molar-refractivity contribution in [3.63, 3.8) is 0 Å². The molecule has 1 atom stereocenters. The van der Waals surface area contributed by atoms with Crippen molar-refractivity contribution in [3.8, 4) is 0 Å². The van der Waals surface area contributed by atoms with Gasteiger partial charge in [-0.1, -0.05) is 25.4 Å². The van der Waals surface area contributed by atoms with Crippen molar-refractivity contribution in [3.05, 3.63) is 34.6 Å². The van der Waals surface area contributed by atoms with Crippen LogP contribution in [-0.2, 0) is 6.54 Å². The number of nitrogens with one attached hydrogen (secondary N) is 1. The van der Waals surface area contributed by atoms with Gasteiger partial charge in [-0.2, -0.15) is 0 Å². The number of likely N-dealkylation sites (tertiary alicyclic amines) is 1. The fourth-order valence-electron chi connectivity index (χ4n) is 2.59. The van der Waals surface area contributed by atoms with E-state index in [9.17, 15) is 4.39 Å². The molecular weight excluding hydrogens is 263 g/mol.